The number of hydrogen-bond acceptors (Lipinski definition) is 7. The first-order valence-corrected chi connectivity index (χ1v) is 14.7. The summed E-state index contributed by atoms with van der Waals surface area (Å²) in [6, 6.07) is 10.2. The SMILES string of the molecule is COc1ccc(S(=O)(=O)N2CCOCC2)cc1NC(=O)[C@H]1CCCN(S(=O)(=O)c2ccc(Cl)cc2)C1. The topological polar surface area (TPSA) is 122 Å². The van der Waals surface area contributed by atoms with Gasteiger partial charge in [0.05, 0.1) is 41.7 Å². The molecule has 0 saturated carbocycles. The molecule has 2 aliphatic heterocycles. The molecule has 1 N–H and O–H groups in total. The summed E-state index contributed by atoms with van der Waals surface area (Å²) >= 11 is 5.88. The lowest BCUT2D eigenvalue weighted by Gasteiger charge is -2.31. The highest BCUT2D eigenvalue weighted by Crippen LogP contribution is 2.31. The van der Waals surface area contributed by atoms with E-state index in [-0.39, 0.29) is 35.1 Å². The molecule has 0 bridgehead atoms. The quantitative estimate of drug-likeness (QED) is 0.554. The molecule has 0 aromatic heterocycles. The van der Waals surface area contributed by atoms with Crippen molar-refractivity contribution in [1.29, 1.82) is 0 Å². The van der Waals surface area contributed by atoms with Crippen LogP contribution in [0.1, 0.15) is 12.8 Å². The number of nitrogens with one attached hydrogen (secondary N) is 1. The molecule has 2 aromatic carbocycles. The van der Waals surface area contributed by atoms with Crippen LogP contribution < -0.4 is 10.1 Å². The molecule has 2 aliphatic rings. The van der Waals surface area contributed by atoms with E-state index in [4.69, 9.17) is 21.1 Å². The Morgan fingerprint density at radius 3 is 2.28 bits per heavy atom. The second-order valence-corrected chi connectivity index (χ2v) is 12.8. The lowest BCUT2D eigenvalue weighted by molar-refractivity contribution is -0.120. The van der Waals surface area contributed by atoms with Gasteiger partial charge < -0.3 is 14.8 Å². The number of rotatable bonds is 7. The van der Waals surface area contributed by atoms with Gasteiger partial charge in [0, 0.05) is 31.2 Å². The van der Waals surface area contributed by atoms with Gasteiger partial charge in [0.25, 0.3) is 0 Å². The Kier molecular flexibility index (Phi) is 8.22. The molecule has 2 heterocycles. The van der Waals surface area contributed by atoms with Crippen molar-refractivity contribution in [3.63, 3.8) is 0 Å². The van der Waals surface area contributed by atoms with Crippen LogP contribution in [-0.4, -0.2) is 77.9 Å². The molecule has 36 heavy (non-hydrogen) atoms. The minimum absolute atomic E-state index is 0.00484. The Hall–Kier alpha value is -2.22. The number of hydrogen-bond donors (Lipinski definition) is 1. The predicted molar refractivity (Wildman–Crippen MR) is 134 cm³/mol. The molecular weight excluding hydrogens is 530 g/mol. The zero-order chi connectivity index (χ0) is 25.9. The first kappa shape index (κ1) is 26.8. The van der Waals surface area contributed by atoms with Crippen molar-refractivity contribution >= 4 is 43.2 Å². The van der Waals surface area contributed by atoms with Gasteiger partial charge in [-0.15, -0.1) is 0 Å². The normalized spacial score (nSPS) is 20.1. The number of carbonyl (C=O) groups is 1. The van der Waals surface area contributed by atoms with Crippen molar-refractivity contribution in [3.05, 3.63) is 47.5 Å². The van der Waals surface area contributed by atoms with Gasteiger partial charge in [0.1, 0.15) is 5.75 Å². The van der Waals surface area contributed by atoms with Gasteiger partial charge in [-0.3, -0.25) is 4.79 Å². The van der Waals surface area contributed by atoms with E-state index in [9.17, 15) is 21.6 Å². The van der Waals surface area contributed by atoms with Crippen molar-refractivity contribution in [2.24, 2.45) is 5.92 Å². The lowest BCUT2D eigenvalue weighted by Crippen LogP contribution is -2.43. The number of methoxy groups -OCH3 is 1. The number of anilines is 1. The van der Waals surface area contributed by atoms with Crippen molar-refractivity contribution in [2.45, 2.75) is 22.6 Å². The third-order valence-corrected chi connectivity index (χ3v) is 10.3. The zero-order valence-electron chi connectivity index (χ0n) is 19.7. The molecule has 2 aromatic rings. The summed E-state index contributed by atoms with van der Waals surface area (Å²) in [4.78, 5) is 13.3. The predicted octanol–water partition coefficient (Wildman–Crippen LogP) is 2.41. The van der Waals surface area contributed by atoms with E-state index in [0.717, 1.165) is 0 Å². The van der Waals surface area contributed by atoms with Crippen molar-refractivity contribution < 1.29 is 31.1 Å². The molecule has 4 rings (SSSR count). The smallest absolute Gasteiger partial charge is 0.243 e. The summed E-state index contributed by atoms with van der Waals surface area (Å²) in [5.41, 5.74) is 0.203. The number of halogens is 1. The van der Waals surface area contributed by atoms with Gasteiger partial charge in [0.2, 0.25) is 26.0 Å². The Bertz CT molecular complexity index is 1310. The molecule has 196 valence electrons. The summed E-state index contributed by atoms with van der Waals surface area (Å²) in [6.45, 7) is 1.43. The summed E-state index contributed by atoms with van der Waals surface area (Å²) in [6.07, 6.45) is 1.00. The molecule has 0 spiro atoms. The van der Waals surface area contributed by atoms with Crippen molar-refractivity contribution in [1.82, 2.24) is 8.61 Å². The van der Waals surface area contributed by atoms with Crippen molar-refractivity contribution in [2.75, 3.05) is 51.8 Å². The zero-order valence-corrected chi connectivity index (χ0v) is 22.1. The number of carbonyl (C=O) groups excluding carboxylic acids is 1. The number of ether oxygens (including phenoxy) is 2. The third-order valence-electron chi connectivity index (χ3n) is 6.24. The van der Waals surface area contributed by atoms with Gasteiger partial charge in [-0.25, -0.2) is 16.8 Å². The monoisotopic (exact) mass is 557 g/mol. The minimum Gasteiger partial charge on any atom is -0.495 e. The largest absolute Gasteiger partial charge is 0.495 e. The van der Waals surface area contributed by atoms with Crippen LogP contribution in [0.5, 0.6) is 5.75 Å². The Morgan fingerprint density at radius 1 is 0.972 bits per heavy atom. The summed E-state index contributed by atoms with van der Waals surface area (Å²) in [5.74, 6) is -0.735. The maximum absolute atomic E-state index is 13.2. The number of nitrogens with zero attached hydrogens (tertiary/aromatic N) is 2. The van der Waals surface area contributed by atoms with E-state index in [2.05, 4.69) is 5.32 Å². The average molecular weight is 558 g/mol. The van der Waals surface area contributed by atoms with Crippen LogP contribution in [0.25, 0.3) is 0 Å². The second-order valence-electron chi connectivity index (χ2n) is 8.52. The molecule has 1 amide bonds. The van der Waals surface area contributed by atoms with E-state index in [0.29, 0.717) is 43.4 Å². The van der Waals surface area contributed by atoms with E-state index in [1.165, 1.54) is 58.2 Å². The van der Waals surface area contributed by atoms with Crippen molar-refractivity contribution in [3.8, 4) is 5.75 Å². The van der Waals surface area contributed by atoms with Crippen LogP contribution >= 0.6 is 11.6 Å². The van der Waals surface area contributed by atoms with E-state index in [1.807, 2.05) is 0 Å². The van der Waals surface area contributed by atoms with Gasteiger partial charge in [-0.1, -0.05) is 11.6 Å². The fourth-order valence-electron chi connectivity index (χ4n) is 4.25. The fraction of sp³-hybridized carbons (Fsp3) is 0.435. The molecule has 2 fully saturated rings. The number of sulfonamides is 2. The standard InChI is InChI=1S/C23H28ClN3O7S2/c1-33-22-9-8-20(36(31,32)26-11-13-34-14-12-26)15-21(22)25-23(28)17-3-2-10-27(16-17)35(29,30)19-6-4-18(24)5-7-19/h4-9,15,17H,2-3,10-14,16H2,1H3,(H,25,28)/t17-/m0/s1. The first-order chi connectivity index (χ1) is 17.1. The van der Waals surface area contributed by atoms with E-state index in [1.54, 1.807) is 0 Å². The van der Waals surface area contributed by atoms with Crippen LogP contribution in [0.3, 0.4) is 0 Å². The lowest BCUT2D eigenvalue weighted by atomic mass is 9.98. The first-order valence-electron chi connectivity index (χ1n) is 11.5. The van der Waals surface area contributed by atoms with Crippen LogP contribution in [0.2, 0.25) is 5.02 Å². The number of amides is 1. The van der Waals surface area contributed by atoms with Crippen LogP contribution in [0, 0.1) is 5.92 Å². The van der Waals surface area contributed by atoms with E-state index < -0.39 is 31.9 Å². The molecule has 2 saturated heterocycles. The highest BCUT2D eigenvalue weighted by molar-refractivity contribution is 7.89. The Labute approximate surface area is 216 Å². The third kappa shape index (κ3) is 5.68. The number of piperidine rings is 1. The molecule has 0 radical (unpaired) electrons. The van der Waals surface area contributed by atoms with Gasteiger partial charge in [0.15, 0.2) is 0 Å². The summed E-state index contributed by atoms with van der Waals surface area (Å²) in [5, 5.41) is 3.18. The average Bonchev–Trinajstić information content (AvgIpc) is 2.89. The summed E-state index contributed by atoms with van der Waals surface area (Å²) in [7, 11) is -6.16. The van der Waals surface area contributed by atoms with Gasteiger partial charge >= 0.3 is 0 Å². The molecule has 1 atom stereocenters. The Morgan fingerprint density at radius 2 is 1.61 bits per heavy atom. The maximum Gasteiger partial charge on any atom is 0.243 e. The second kappa shape index (κ2) is 11.0. The Balaban J connectivity index is 1.52. The highest BCUT2D eigenvalue weighted by atomic mass is 35.5. The minimum atomic E-state index is -3.79. The highest BCUT2D eigenvalue weighted by Gasteiger charge is 2.34. The fourth-order valence-corrected chi connectivity index (χ4v) is 7.33. The molecule has 0 unspecified atom stereocenters. The summed E-state index contributed by atoms with van der Waals surface area (Å²) < 4.78 is 65.5. The molecule has 0 aliphatic carbocycles. The number of benzene rings is 2. The molecule has 13 heteroatoms. The van der Waals surface area contributed by atoms with E-state index >= 15 is 0 Å². The van der Waals surface area contributed by atoms with Crippen LogP contribution in [0.15, 0.2) is 52.3 Å². The van der Waals surface area contributed by atoms with Gasteiger partial charge in [-0.05, 0) is 55.3 Å². The van der Waals surface area contributed by atoms with Gasteiger partial charge in [-0.2, -0.15) is 8.61 Å². The molecule has 10 nitrogen and oxygen atoms in total. The maximum atomic E-state index is 13.2. The van der Waals surface area contributed by atoms with Crippen LogP contribution in [-0.2, 0) is 29.6 Å². The van der Waals surface area contributed by atoms with Crippen LogP contribution in [0.4, 0.5) is 5.69 Å². The molecular formula is C23H28ClN3O7S2. The number of morpholine rings is 1.